The standard InChI is InChI=1S/C15H20F2N2O2/c1-4-14(3)10-21-9-8-19(14)13(20)15(16,17)12-11(2)6-5-7-18-12/h5-7H,4,8-10H2,1-3H3. The number of halogens is 2. The number of carbonyl (C=O) groups is 1. The Balaban J connectivity index is 2.35. The molecular formula is C15H20F2N2O2. The fourth-order valence-corrected chi connectivity index (χ4v) is 2.52. The summed E-state index contributed by atoms with van der Waals surface area (Å²) < 4.78 is 34.5. The van der Waals surface area contributed by atoms with Crippen LogP contribution in [-0.2, 0) is 15.5 Å². The first kappa shape index (κ1) is 15.8. The van der Waals surface area contributed by atoms with Crippen molar-refractivity contribution in [3.63, 3.8) is 0 Å². The summed E-state index contributed by atoms with van der Waals surface area (Å²) in [5.41, 5.74) is -0.871. The summed E-state index contributed by atoms with van der Waals surface area (Å²) in [5, 5.41) is 0. The first-order chi connectivity index (χ1) is 9.83. The average Bonchev–Trinajstić information content (AvgIpc) is 2.47. The van der Waals surface area contributed by atoms with Crippen LogP contribution in [0.15, 0.2) is 18.3 Å². The van der Waals surface area contributed by atoms with Gasteiger partial charge in [0.05, 0.1) is 18.8 Å². The van der Waals surface area contributed by atoms with E-state index in [-0.39, 0.29) is 19.8 Å². The number of aryl methyl sites for hydroxylation is 1. The molecule has 4 nitrogen and oxygen atoms in total. The maximum atomic E-state index is 14.6. The van der Waals surface area contributed by atoms with E-state index in [1.54, 1.807) is 13.0 Å². The first-order valence-corrected chi connectivity index (χ1v) is 7.02. The van der Waals surface area contributed by atoms with Crippen molar-refractivity contribution in [3.05, 3.63) is 29.6 Å². The highest BCUT2D eigenvalue weighted by atomic mass is 19.3. The van der Waals surface area contributed by atoms with E-state index in [4.69, 9.17) is 4.74 Å². The smallest absolute Gasteiger partial charge is 0.366 e. The van der Waals surface area contributed by atoms with Crippen molar-refractivity contribution in [2.24, 2.45) is 0 Å². The fraction of sp³-hybridized carbons (Fsp3) is 0.600. The van der Waals surface area contributed by atoms with Crippen LogP contribution in [0.4, 0.5) is 8.78 Å². The van der Waals surface area contributed by atoms with Gasteiger partial charge in [-0.15, -0.1) is 0 Å². The van der Waals surface area contributed by atoms with Gasteiger partial charge in [0.1, 0.15) is 5.69 Å². The number of alkyl halides is 2. The van der Waals surface area contributed by atoms with Crippen molar-refractivity contribution in [2.75, 3.05) is 19.8 Å². The molecule has 0 bridgehead atoms. The molecule has 2 rings (SSSR count). The number of aromatic nitrogens is 1. The Morgan fingerprint density at radius 3 is 2.90 bits per heavy atom. The molecule has 1 amide bonds. The predicted octanol–water partition coefficient (Wildman–Crippen LogP) is 2.51. The van der Waals surface area contributed by atoms with Crippen molar-refractivity contribution < 1.29 is 18.3 Å². The predicted molar refractivity (Wildman–Crippen MR) is 74.1 cm³/mol. The average molecular weight is 298 g/mol. The highest BCUT2D eigenvalue weighted by Crippen LogP contribution is 2.35. The van der Waals surface area contributed by atoms with Gasteiger partial charge in [-0.1, -0.05) is 13.0 Å². The second-order valence-electron chi connectivity index (χ2n) is 5.60. The largest absolute Gasteiger partial charge is 0.377 e. The van der Waals surface area contributed by atoms with Gasteiger partial charge in [-0.3, -0.25) is 9.78 Å². The Bertz CT molecular complexity index is 536. The molecule has 0 saturated carbocycles. The summed E-state index contributed by atoms with van der Waals surface area (Å²) in [4.78, 5) is 17.4. The van der Waals surface area contributed by atoms with Crippen LogP contribution in [0.25, 0.3) is 0 Å². The number of carbonyl (C=O) groups excluding carboxylic acids is 1. The van der Waals surface area contributed by atoms with Crippen LogP contribution >= 0.6 is 0 Å². The third-order valence-corrected chi connectivity index (χ3v) is 4.11. The maximum absolute atomic E-state index is 14.6. The van der Waals surface area contributed by atoms with Crippen LogP contribution in [0.5, 0.6) is 0 Å². The summed E-state index contributed by atoms with van der Waals surface area (Å²) in [6.07, 6.45) is 1.83. The molecule has 1 aromatic heterocycles. The van der Waals surface area contributed by atoms with Gasteiger partial charge >= 0.3 is 5.92 Å². The molecule has 0 aromatic carbocycles. The van der Waals surface area contributed by atoms with E-state index in [2.05, 4.69) is 4.98 Å². The van der Waals surface area contributed by atoms with Crippen molar-refractivity contribution in [1.29, 1.82) is 0 Å². The zero-order chi connectivity index (χ0) is 15.7. The molecule has 1 aliphatic heterocycles. The Kier molecular flexibility index (Phi) is 4.27. The number of ether oxygens (including phenoxy) is 1. The van der Waals surface area contributed by atoms with Gasteiger partial charge in [0.2, 0.25) is 0 Å². The molecule has 21 heavy (non-hydrogen) atoms. The third kappa shape index (κ3) is 2.77. The van der Waals surface area contributed by atoms with Crippen molar-refractivity contribution in [2.45, 2.75) is 38.7 Å². The molecule has 1 aromatic rings. The second-order valence-corrected chi connectivity index (χ2v) is 5.60. The van der Waals surface area contributed by atoms with Gasteiger partial charge in [-0.05, 0) is 31.9 Å². The van der Waals surface area contributed by atoms with Crippen molar-refractivity contribution in [3.8, 4) is 0 Å². The number of hydrogen-bond donors (Lipinski definition) is 0. The maximum Gasteiger partial charge on any atom is 0.366 e. The molecule has 1 fully saturated rings. The van der Waals surface area contributed by atoms with Gasteiger partial charge in [-0.2, -0.15) is 8.78 Å². The number of hydrogen-bond acceptors (Lipinski definition) is 3. The quantitative estimate of drug-likeness (QED) is 0.861. The highest BCUT2D eigenvalue weighted by molar-refractivity contribution is 5.85. The van der Waals surface area contributed by atoms with Gasteiger partial charge in [-0.25, -0.2) is 0 Å². The molecule has 0 spiro atoms. The molecule has 1 atom stereocenters. The Morgan fingerprint density at radius 2 is 2.29 bits per heavy atom. The molecular weight excluding hydrogens is 278 g/mol. The Morgan fingerprint density at radius 1 is 1.57 bits per heavy atom. The number of morpholine rings is 1. The van der Waals surface area contributed by atoms with Gasteiger partial charge in [0.25, 0.3) is 5.91 Å². The summed E-state index contributed by atoms with van der Waals surface area (Å²) in [5.74, 6) is -4.82. The minimum atomic E-state index is -3.63. The molecule has 1 unspecified atom stereocenters. The zero-order valence-electron chi connectivity index (χ0n) is 12.5. The van der Waals surface area contributed by atoms with Crippen LogP contribution < -0.4 is 0 Å². The van der Waals surface area contributed by atoms with Crippen molar-refractivity contribution in [1.82, 2.24) is 9.88 Å². The normalized spacial score (nSPS) is 23.2. The number of amides is 1. The molecule has 0 aliphatic carbocycles. The lowest BCUT2D eigenvalue weighted by atomic mass is 9.94. The lowest BCUT2D eigenvalue weighted by Gasteiger charge is -2.45. The van der Waals surface area contributed by atoms with Crippen LogP contribution in [0.1, 0.15) is 31.5 Å². The molecule has 1 aliphatic rings. The number of nitrogens with zero attached hydrogens (tertiary/aromatic N) is 2. The number of rotatable bonds is 3. The minimum Gasteiger partial charge on any atom is -0.377 e. The summed E-state index contributed by atoms with van der Waals surface area (Å²) in [6.45, 7) is 5.88. The molecule has 6 heteroatoms. The molecule has 116 valence electrons. The molecule has 1 saturated heterocycles. The minimum absolute atomic E-state index is 0.171. The van der Waals surface area contributed by atoms with E-state index < -0.39 is 23.1 Å². The topological polar surface area (TPSA) is 42.4 Å². The molecule has 0 N–H and O–H groups in total. The second kappa shape index (κ2) is 5.67. The third-order valence-electron chi connectivity index (χ3n) is 4.11. The molecule has 0 radical (unpaired) electrons. The zero-order valence-corrected chi connectivity index (χ0v) is 12.5. The van der Waals surface area contributed by atoms with Crippen LogP contribution in [0.3, 0.4) is 0 Å². The van der Waals surface area contributed by atoms with Crippen molar-refractivity contribution >= 4 is 5.91 Å². The van der Waals surface area contributed by atoms with E-state index in [1.165, 1.54) is 24.1 Å². The summed E-state index contributed by atoms with van der Waals surface area (Å²) >= 11 is 0. The summed E-state index contributed by atoms with van der Waals surface area (Å²) in [6, 6.07) is 3.10. The van der Waals surface area contributed by atoms with Crippen LogP contribution in [-0.4, -0.2) is 41.1 Å². The Labute approximate surface area is 123 Å². The molecule has 2 heterocycles. The SMILES string of the molecule is CCC1(C)COCCN1C(=O)C(F)(F)c1ncccc1C. The van der Waals surface area contributed by atoms with Gasteiger partial charge < -0.3 is 9.64 Å². The van der Waals surface area contributed by atoms with E-state index in [0.29, 0.717) is 12.0 Å². The van der Waals surface area contributed by atoms with E-state index in [0.717, 1.165) is 0 Å². The monoisotopic (exact) mass is 298 g/mol. The van der Waals surface area contributed by atoms with Gasteiger partial charge in [0, 0.05) is 12.7 Å². The van der Waals surface area contributed by atoms with Gasteiger partial charge in [0.15, 0.2) is 0 Å². The lowest BCUT2D eigenvalue weighted by Crippen LogP contribution is -2.60. The van der Waals surface area contributed by atoms with E-state index in [9.17, 15) is 13.6 Å². The van der Waals surface area contributed by atoms with E-state index >= 15 is 0 Å². The fourth-order valence-electron chi connectivity index (χ4n) is 2.52. The lowest BCUT2D eigenvalue weighted by molar-refractivity contribution is -0.176. The summed E-state index contributed by atoms with van der Waals surface area (Å²) in [7, 11) is 0. The first-order valence-electron chi connectivity index (χ1n) is 7.02. The van der Waals surface area contributed by atoms with E-state index in [1.807, 2.05) is 6.92 Å². The Hall–Kier alpha value is -1.56. The van der Waals surface area contributed by atoms with Crippen LogP contribution in [0.2, 0.25) is 0 Å². The van der Waals surface area contributed by atoms with Crippen LogP contribution in [0, 0.1) is 6.92 Å². The number of pyridine rings is 1. The highest BCUT2D eigenvalue weighted by Gasteiger charge is 2.51.